The molecule has 0 saturated heterocycles. The first-order valence-electron chi connectivity index (χ1n) is 7.56. The van der Waals surface area contributed by atoms with Crippen LogP contribution >= 0.6 is 0 Å². The monoisotopic (exact) mass is 334 g/mol. The van der Waals surface area contributed by atoms with Crippen LogP contribution in [0.25, 0.3) is 0 Å². The van der Waals surface area contributed by atoms with Gasteiger partial charge >= 0.3 is 82.2 Å². The molecule has 1 atom stereocenters. The summed E-state index contributed by atoms with van der Waals surface area (Å²) in [5, 5.41) is 8.66. The Morgan fingerprint density at radius 3 is 1.91 bits per heavy atom. The van der Waals surface area contributed by atoms with Crippen LogP contribution in [0.5, 0.6) is 0 Å². The zero-order valence-electron chi connectivity index (χ0n) is 13.6. The fourth-order valence-electron chi connectivity index (χ4n) is 2.06. The molecule has 0 fully saturated rings. The number of unbranched alkanes of at least 4 members (excludes halogenated alkanes) is 4. The minimum absolute atomic E-state index is 0. The van der Waals surface area contributed by atoms with Gasteiger partial charge in [-0.05, 0) is 19.8 Å². The van der Waals surface area contributed by atoms with Crippen LogP contribution in [0.3, 0.4) is 0 Å². The number of hydrogen-bond acceptors (Lipinski definition) is 3. The van der Waals surface area contributed by atoms with Gasteiger partial charge in [0.05, 0.1) is 0 Å². The SMILES string of the molecule is CCCCCCCC(C)(OC(=O)CC(=O)O)C(C)(C)C.[KH].[LiH]. The summed E-state index contributed by atoms with van der Waals surface area (Å²) in [6, 6.07) is 0. The molecule has 0 heterocycles. The summed E-state index contributed by atoms with van der Waals surface area (Å²) < 4.78 is 5.50. The van der Waals surface area contributed by atoms with Gasteiger partial charge in [0, 0.05) is 5.41 Å². The number of carboxylic acids is 1. The van der Waals surface area contributed by atoms with Crippen molar-refractivity contribution in [2.24, 2.45) is 5.41 Å². The molecule has 0 spiro atoms. The second-order valence-electron chi connectivity index (χ2n) is 6.69. The molecule has 4 nitrogen and oxygen atoms in total. The Labute approximate surface area is 190 Å². The molecule has 0 aromatic rings. The standard InChI is InChI=1S/C16H30O4.K.Li.2H/c1-6-7-8-9-10-11-16(5,15(2,3)4)20-14(19)12-13(17)18;;;;/h6-12H2,1-5H3,(H,17,18);;;;. The van der Waals surface area contributed by atoms with Crippen molar-refractivity contribution < 1.29 is 19.4 Å². The maximum atomic E-state index is 11.6. The van der Waals surface area contributed by atoms with E-state index < -0.39 is 24.0 Å². The van der Waals surface area contributed by atoms with E-state index in [1.54, 1.807) is 0 Å². The molecule has 0 aliphatic heterocycles. The van der Waals surface area contributed by atoms with Gasteiger partial charge in [0.15, 0.2) is 0 Å². The number of carbonyl (C=O) groups excluding carboxylic acids is 1. The summed E-state index contributed by atoms with van der Waals surface area (Å²) >= 11 is 0. The van der Waals surface area contributed by atoms with Crippen molar-refractivity contribution in [1.82, 2.24) is 0 Å². The van der Waals surface area contributed by atoms with Gasteiger partial charge in [-0.3, -0.25) is 9.59 Å². The second kappa shape index (κ2) is 13.5. The van der Waals surface area contributed by atoms with Crippen molar-refractivity contribution in [2.45, 2.75) is 85.2 Å². The van der Waals surface area contributed by atoms with E-state index in [1.807, 2.05) is 27.7 Å². The van der Waals surface area contributed by atoms with Crippen molar-refractivity contribution in [3.8, 4) is 0 Å². The molecule has 0 aromatic carbocycles. The molecule has 1 N–H and O–H groups in total. The van der Waals surface area contributed by atoms with Crippen molar-refractivity contribution in [3.05, 3.63) is 0 Å². The fourth-order valence-corrected chi connectivity index (χ4v) is 2.06. The molecule has 0 aromatic heterocycles. The zero-order valence-corrected chi connectivity index (χ0v) is 13.6. The molecule has 0 saturated carbocycles. The van der Waals surface area contributed by atoms with E-state index in [4.69, 9.17) is 9.84 Å². The Bertz CT molecular complexity index is 329. The number of esters is 1. The molecular weight excluding hydrogens is 302 g/mol. The maximum absolute atomic E-state index is 11.6. The van der Waals surface area contributed by atoms with E-state index in [0.29, 0.717) is 0 Å². The number of hydrogen-bond donors (Lipinski definition) is 1. The van der Waals surface area contributed by atoms with E-state index in [1.165, 1.54) is 19.3 Å². The molecule has 0 aliphatic rings. The number of carboxylic acid groups (broad SMARTS) is 1. The first kappa shape index (κ1) is 28.0. The Hall–Kier alpha value is 1.17. The van der Waals surface area contributed by atoms with E-state index in [2.05, 4.69) is 6.92 Å². The van der Waals surface area contributed by atoms with Gasteiger partial charge in [0.25, 0.3) is 0 Å². The average molecular weight is 334 g/mol. The first-order chi connectivity index (χ1) is 9.12. The molecule has 0 bridgehead atoms. The van der Waals surface area contributed by atoms with Crippen LogP contribution in [0.2, 0.25) is 0 Å². The van der Waals surface area contributed by atoms with Gasteiger partial charge < -0.3 is 9.84 Å². The summed E-state index contributed by atoms with van der Waals surface area (Å²) in [6.07, 6.45) is 5.94. The Morgan fingerprint density at radius 1 is 1.00 bits per heavy atom. The Balaban J connectivity index is -0.00000180. The molecule has 0 radical (unpaired) electrons. The van der Waals surface area contributed by atoms with Crippen molar-refractivity contribution in [3.63, 3.8) is 0 Å². The summed E-state index contributed by atoms with van der Waals surface area (Å²) in [6.45, 7) is 10.1. The van der Waals surface area contributed by atoms with Gasteiger partial charge in [-0.2, -0.15) is 0 Å². The van der Waals surface area contributed by atoms with Crippen LogP contribution in [0.4, 0.5) is 0 Å². The average Bonchev–Trinajstić information content (AvgIpc) is 2.25. The Kier molecular flexibility index (Phi) is 17.1. The van der Waals surface area contributed by atoms with E-state index in [9.17, 15) is 9.59 Å². The van der Waals surface area contributed by atoms with Crippen LogP contribution in [-0.4, -0.2) is 92.9 Å². The molecule has 0 aliphatic carbocycles. The van der Waals surface area contributed by atoms with Crippen LogP contribution < -0.4 is 0 Å². The van der Waals surface area contributed by atoms with Gasteiger partial charge in [-0.1, -0.05) is 53.4 Å². The molecule has 1 unspecified atom stereocenters. The van der Waals surface area contributed by atoms with E-state index >= 15 is 0 Å². The molecule has 22 heavy (non-hydrogen) atoms. The summed E-state index contributed by atoms with van der Waals surface area (Å²) in [5.41, 5.74) is -0.836. The summed E-state index contributed by atoms with van der Waals surface area (Å²) in [4.78, 5) is 22.2. The van der Waals surface area contributed by atoms with Gasteiger partial charge in [0.2, 0.25) is 0 Å². The third-order valence-corrected chi connectivity index (χ3v) is 3.98. The minimum atomic E-state index is -1.14. The van der Waals surface area contributed by atoms with Crippen LogP contribution in [-0.2, 0) is 14.3 Å². The van der Waals surface area contributed by atoms with Gasteiger partial charge in [-0.25, -0.2) is 0 Å². The van der Waals surface area contributed by atoms with Gasteiger partial charge in [-0.15, -0.1) is 0 Å². The van der Waals surface area contributed by atoms with Gasteiger partial charge in [0.1, 0.15) is 12.0 Å². The third-order valence-electron chi connectivity index (χ3n) is 3.98. The summed E-state index contributed by atoms with van der Waals surface area (Å²) in [7, 11) is 0. The van der Waals surface area contributed by atoms with Crippen molar-refractivity contribution in [1.29, 1.82) is 0 Å². The normalized spacial score (nSPS) is 13.3. The molecule has 122 valence electrons. The quantitative estimate of drug-likeness (QED) is 0.305. The predicted molar refractivity (Wildman–Crippen MR) is 93.9 cm³/mol. The zero-order chi connectivity index (χ0) is 15.8. The van der Waals surface area contributed by atoms with Crippen LogP contribution in [0.15, 0.2) is 0 Å². The predicted octanol–water partition coefficient (Wildman–Crippen LogP) is 2.87. The molecule has 0 rings (SSSR count). The molecule has 6 heteroatoms. The van der Waals surface area contributed by atoms with Crippen molar-refractivity contribution >= 4 is 82.2 Å². The number of rotatable bonds is 9. The second-order valence-corrected chi connectivity index (χ2v) is 6.69. The molecular formula is C16H32KLiO4. The third kappa shape index (κ3) is 11.7. The number of aliphatic carboxylic acids is 1. The van der Waals surface area contributed by atoms with Crippen molar-refractivity contribution in [2.75, 3.05) is 0 Å². The topological polar surface area (TPSA) is 63.6 Å². The summed E-state index contributed by atoms with van der Waals surface area (Å²) in [5.74, 6) is -1.79. The van der Waals surface area contributed by atoms with E-state index in [0.717, 1.165) is 19.3 Å². The fraction of sp³-hybridized carbons (Fsp3) is 0.875. The van der Waals surface area contributed by atoms with Crippen LogP contribution in [0.1, 0.15) is 79.6 Å². The Morgan fingerprint density at radius 2 is 1.50 bits per heavy atom. The number of carbonyl (C=O) groups is 2. The number of ether oxygens (including phenoxy) is 1. The first-order valence-corrected chi connectivity index (χ1v) is 7.56. The van der Waals surface area contributed by atoms with Crippen LogP contribution in [0, 0.1) is 5.41 Å². The molecule has 0 amide bonds. The van der Waals surface area contributed by atoms with E-state index in [-0.39, 0.29) is 75.7 Å².